The monoisotopic (exact) mass is 379 g/mol. The number of tetrazole rings is 1. The Hall–Kier alpha value is -2.51. The van der Waals surface area contributed by atoms with E-state index < -0.39 is 0 Å². The maximum Gasteiger partial charge on any atom is 0.248 e. The molecule has 3 aromatic rings. The second-order valence-electron chi connectivity index (χ2n) is 5.02. The summed E-state index contributed by atoms with van der Waals surface area (Å²) in [6, 6.07) is 10.8. The standard InChI is InChI=1S/C16H15Cl2N5O2/c1-24-11-6-7-14(25-2)10(8-11)9-19-16-20-21-22-23(16)13-5-3-4-12(17)15(13)18/h3-8H,9H2,1-2H3,(H,19,20,22). The van der Waals surface area contributed by atoms with E-state index in [2.05, 4.69) is 20.8 Å². The summed E-state index contributed by atoms with van der Waals surface area (Å²) in [6.45, 7) is 0.429. The SMILES string of the molecule is COc1ccc(OC)c(CNc2nnnn2-c2cccc(Cl)c2Cl)c1. The van der Waals surface area contributed by atoms with Gasteiger partial charge in [0.15, 0.2) is 0 Å². The van der Waals surface area contributed by atoms with Crippen molar-refractivity contribution in [2.75, 3.05) is 19.5 Å². The minimum absolute atomic E-state index is 0.374. The van der Waals surface area contributed by atoms with E-state index in [1.54, 1.807) is 32.4 Å². The molecule has 0 atom stereocenters. The number of ether oxygens (including phenoxy) is 2. The predicted octanol–water partition coefficient (Wildman–Crippen LogP) is 3.60. The van der Waals surface area contributed by atoms with E-state index >= 15 is 0 Å². The van der Waals surface area contributed by atoms with E-state index in [9.17, 15) is 0 Å². The molecule has 0 unspecified atom stereocenters. The van der Waals surface area contributed by atoms with Crippen molar-refractivity contribution in [2.45, 2.75) is 6.54 Å². The van der Waals surface area contributed by atoms with Crippen molar-refractivity contribution in [2.24, 2.45) is 0 Å². The van der Waals surface area contributed by atoms with E-state index in [1.165, 1.54) is 4.68 Å². The Morgan fingerprint density at radius 1 is 1.12 bits per heavy atom. The zero-order valence-electron chi connectivity index (χ0n) is 13.5. The van der Waals surface area contributed by atoms with Crippen molar-refractivity contribution >= 4 is 29.2 Å². The number of hydrogen-bond acceptors (Lipinski definition) is 6. The molecule has 0 bridgehead atoms. The third-order valence-corrected chi connectivity index (χ3v) is 4.36. The molecule has 0 saturated heterocycles. The lowest BCUT2D eigenvalue weighted by atomic mass is 10.2. The number of methoxy groups -OCH3 is 2. The molecule has 1 aromatic heterocycles. The van der Waals surface area contributed by atoms with Crippen LogP contribution in [0.25, 0.3) is 5.69 Å². The average Bonchev–Trinajstić information content (AvgIpc) is 3.10. The molecule has 25 heavy (non-hydrogen) atoms. The van der Waals surface area contributed by atoms with E-state index in [4.69, 9.17) is 32.7 Å². The zero-order valence-corrected chi connectivity index (χ0v) is 15.0. The molecule has 0 aliphatic rings. The molecular formula is C16H15Cl2N5O2. The Morgan fingerprint density at radius 2 is 1.96 bits per heavy atom. The van der Waals surface area contributed by atoms with Crippen molar-refractivity contribution < 1.29 is 9.47 Å². The van der Waals surface area contributed by atoms with E-state index in [-0.39, 0.29) is 0 Å². The number of rotatable bonds is 6. The molecule has 2 aromatic carbocycles. The number of hydrogen-bond donors (Lipinski definition) is 1. The fraction of sp³-hybridized carbons (Fsp3) is 0.188. The molecule has 1 N–H and O–H groups in total. The van der Waals surface area contributed by atoms with Crippen LogP contribution in [-0.4, -0.2) is 34.4 Å². The minimum Gasteiger partial charge on any atom is -0.497 e. The molecular weight excluding hydrogens is 365 g/mol. The average molecular weight is 380 g/mol. The van der Waals surface area contributed by atoms with Crippen LogP contribution in [0.2, 0.25) is 10.0 Å². The van der Waals surface area contributed by atoms with Gasteiger partial charge >= 0.3 is 0 Å². The first-order chi connectivity index (χ1) is 12.1. The number of nitrogens with one attached hydrogen (secondary N) is 1. The summed E-state index contributed by atoms with van der Waals surface area (Å²) in [5.41, 5.74) is 1.48. The second-order valence-corrected chi connectivity index (χ2v) is 5.80. The summed E-state index contributed by atoms with van der Waals surface area (Å²) in [7, 11) is 3.22. The highest BCUT2D eigenvalue weighted by Crippen LogP contribution is 2.29. The van der Waals surface area contributed by atoms with Gasteiger partial charge in [-0.2, -0.15) is 4.68 Å². The van der Waals surface area contributed by atoms with Crippen molar-refractivity contribution in [3.8, 4) is 17.2 Å². The Labute approximate surface area is 154 Å². The number of halogens is 2. The number of nitrogens with zero attached hydrogens (tertiary/aromatic N) is 4. The Balaban J connectivity index is 1.87. The largest absolute Gasteiger partial charge is 0.497 e. The first-order valence-electron chi connectivity index (χ1n) is 7.31. The molecule has 130 valence electrons. The minimum atomic E-state index is 0.374. The number of aromatic nitrogens is 4. The van der Waals surface area contributed by atoms with E-state index in [0.29, 0.717) is 28.2 Å². The highest BCUT2D eigenvalue weighted by molar-refractivity contribution is 6.43. The molecule has 0 saturated carbocycles. The van der Waals surface area contributed by atoms with Crippen LogP contribution in [0.3, 0.4) is 0 Å². The van der Waals surface area contributed by atoms with Gasteiger partial charge in [-0.3, -0.25) is 0 Å². The predicted molar refractivity (Wildman–Crippen MR) is 96.0 cm³/mol. The van der Waals surface area contributed by atoms with E-state index in [1.807, 2.05) is 18.2 Å². The molecule has 3 rings (SSSR count). The van der Waals surface area contributed by atoms with Crippen LogP contribution in [0.4, 0.5) is 5.95 Å². The normalized spacial score (nSPS) is 10.6. The van der Waals surface area contributed by atoms with Gasteiger partial charge in [0.05, 0.1) is 30.0 Å². The van der Waals surface area contributed by atoms with Gasteiger partial charge < -0.3 is 14.8 Å². The van der Waals surface area contributed by atoms with Gasteiger partial charge in [-0.05, 0) is 40.8 Å². The van der Waals surface area contributed by atoms with Crippen LogP contribution in [0, 0.1) is 0 Å². The van der Waals surface area contributed by atoms with Crippen LogP contribution in [0.1, 0.15) is 5.56 Å². The molecule has 0 fully saturated rings. The van der Waals surface area contributed by atoms with Gasteiger partial charge in [0, 0.05) is 12.1 Å². The zero-order chi connectivity index (χ0) is 17.8. The Morgan fingerprint density at radius 3 is 2.72 bits per heavy atom. The molecule has 9 heteroatoms. The number of anilines is 1. The molecule has 7 nitrogen and oxygen atoms in total. The maximum atomic E-state index is 6.25. The second kappa shape index (κ2) is 7.58. The third-order valence-electron chi connectivity index (χ3n) is 3.55. The fourth-order valence-corrected chi connectivity index (χ4v) is 2.69. The summed E-state index contributed by atoms with van der Waals surface area (Å²) in [4.78, 5) is 0. The van der Waals surface area contributed by atoms with Gasteiger partial charge in [0.2, 0.25) is 5.95 Å². The lowest BCUT2D eigenvalue weighted by Crippen LogP contribution is -2.09. The molecule has 0 aliphatic heterocycles. The van der Waals surface area contributed by atoms with Crippen LogP contribution < -0.4 is 14.8 Å². The molecule has 0 amide bonds. The molecule has 0 spiro atoms. The van der Waals surface area contributed by atoms with Crippen molar-refractivity contribution in [1.29, 1.82) is 0 Å². The molecule has 0 radical (unpaired) electrons. The summed E-state index contributed by atoms with van der Waals surface area (Å²) in [5, 5.41) is 15.6. The first-order valence-corrected chi connectivity index (χ1v) is 8.07. The summed E-state index contributed by atoms with van der Waals surface area (Å²) in [5.74, 6) is 1.89. The maximum absolute atomic E-state index is 6.25. The Bertz CT molecular complexity index is 885. The van der Waals surface area contributed by atoms with Crippen LogP contribution in [0.5, 0.6) is 11.5 Å². The summed E-state index contributed by atoms with van der Waals surface area (Å²) in [6.07, 6.45) is 0. The quantitative estimate of drug-likeness (QED) is 0.705. The lowest BCUT2D eigenvalue weighted by Gasteiger charge is -2.12. The van der Waals surface area contributed by atoms with Crippen LogP contribution >= 0.6 is 23.2 Å². The van der Waals surface area contributed by atoms with Gasteiger partial charge in [-0.15, -0.1) is 0 Å². The van der Waals surface area contributed by atoms with Gasteiger partial charge in [-0.1, -0.05) is 34.4 Å². The van der Waals surface area contributed by atoms with Gasteiger partial charge in [0.1, 0.15) is 11.5 Å². The fourth-order valence-electron chi connectivity index (χ4n) is 2.31. The topological polar surface area (TPSA) is 74.1 Å². The molecule has 1 heterocycles. The van der Waals surface area contributed by atoms with Gasteiger partial charge in [-0.25, -0.2) is 0 Å². The number of benzene rings is 2. The summed E-state index contributed by atoms with van der Waals surface area (Å²) >= 11 is 12.3. The molecule has 0 aliphatic carbocycles. The van der Waals surface area contributed by atoms with Crippen LogP contribution in [0.15, 0.2) is 36.4 Å². The lowest BCUT2D eigenvalue weighted by molar-refractivity contribution is 0.399. The van der Waals surface area contributed by atoms with Gasteiger partial charge in [0.25, 0.3) is 0 Å². The van der Waals surface area contributed by atoms with Crippen molar-refractivity contribution in [3.63, 3.8) is 0 Å². The van der Waals surface area contributed by atoms with Crippen molar-refractivity contribution in [1.82, 2.24) is 20.2 Å². The summed E-state index contributed by atoms with van der Waals surface area (Å²) < 4.78 is 12.1. The Kier molecular flexibility index (Phi) is 5.25. The third kappa shape index (κ3) is 3.62. The van der Waals surface area contributed by atoms with Crippen LogP contribution in [-0.2, 0) is 6.54 Å². The highest BCUT2D eigenvalue weighted by atomic mass is 35.5. The smallest absolute Gasteiger partial charge is 0.248 e. The van der Waals surface area contributed by atoms with E-state index in [0.717, 1.165) is 17.1 Å². The first kappa shape index (κ1) is 17.3. The highest BCUT2D eigenvalue weighted by Gasteiger charge is 2.14. The van der Waals surface area contributed by atoms with Crippen molar-refractivity contribution in [3.05, 3.63) is 52.0 Å².